The highest BCUT2D eigenvalue weighted by Gasteiger charge is 2.31. The van der Waals surface area contributed by atoms with Gasteiger partial charge in [-0.15, -0.1) is 0 Å². The molecule has 0 aromatic heterocycles. The van der Waals surface area contributed by atoms with Gasteiger partial charge in [0.2, 0.25) is 0 Å². The lowest BCUT2D eigenvalue weighted by atomic mass is 10.1. The lowest BCUT2D eigenvalue weighted by Gasteiger charge is -2.26. The van der Waals surface area contributed by atoms with Crippen LogP contribution in [0.25, 0.3) is 0 Å². The summed E-state index contributed by atoms with van der Waals surface area (Å²) in [5, 5.41) is 0.140. The van der Waals surface area contributed by atoms with Crippen molar-refractivity contribution in [2.24, 2.45) is 0 Å². The highest BCUT2D eigenvalue weighted by atomic mass is 35.5. The third-order valence-electron chi connectivity index (χ3n) is 2.21. The Labute approximate surface area is 102 Å². The summed E-state index contributed by atoms with van der Waals surface area (Å²) in [7, 11) is 0. The third-order valence-corrected chi connectivity index (χ3v) is 2.52. The van der Waals surface area contributed by atoms with Crippen LogP contribution < -0.4 is 4.90 Å². The topological polar surface area (TPSA) is 20.3 Å². The number of hydrogen-bond acceptors (Lipinski definition) is 2. The minimum atomic E-state index is -4.34. The number of halogens is 4. The normalized spacial score (nSPS) is 11.4. The van der Waals surface area contributed by atoms with Gasteiger partial charge in [0.25, 0.3) is 0 Å². The fraction of sp³-hybridized carbons (Fsp3) is 0.364. The van der Waals surface area contributed by atoms with Crippen LogP contribution in [0.3, 0.4) is 0 Å². The molecule has 0 saturated heterocycles. The maximum absolute atomic E-state index is 12.4. The van der Waals surface area contributed by atoms with Crippen molar-refractivity contribution in [2.45, 2.75) is 13.1 Å². The second-order valence-corrected chi connectivity index (χ2v) is 3.83. The average molecular weight is 266 g/mol. The Balaban J connectivity index is 3.15. The molecule has 0 radical (unpaired) electrons. The number of carbonyl (C=O) groups is 1. The third kappa shape index (κ3) is 3.63. The van der Waals surface area contributed by atoms with Crippen LogP contribution in [0.4, 0.5) is 18.9 Å². The predicted molar refractivity (Wildman–Crippen MR) is 60.8 cm³/mol. The summed E-state index contributed by atoms with van der Waals surface area (Å²) in [6.07, 6.45) is -3.84. The first-order chi connectivity index (χ1) is 7.89. The Morgan fingerprint density at radius 1 is 1.41 bits per heavy atom. The SMILES string of the molecule is CCN(CC(F)(F)F)c1c(Cl)cccc1C=O. The molecular formula is C11H11ClF3NO. The molecule has 0 aliphatic heterocycles. The van der Waals surface area contributed by atoms with Gasteiger partial charge in [-0.05, 0) is 19.1 Å². The van der Waals surface area contributed by atoms with Crippen LogP contribution in [0.5, 0.6) is 0 Å². The molecule has 0 heterocycles. The van der Waals surface area contributed by atoms with E-state index in [1.54, 1.807) is 6.92 Å². The smallest absolute Gasteiger partial charge is 0.361 e. The van der Waals surface area contributed by atoms with E-state index < -0.39 is 12.7 Å². The molecule has 0 N–H and O–H groups in total. The van der Waals surface area contributed by atoms with Gasteiger partial charge in [-0.3, -0.25) is 4.79 Å². The molecule has 0 atom stereocenters. The Kier molecular flexibility index (Phi) is 4.40. The zero-order valence-corrected chi connectivity index (χ0v) is 9.85. The van der Waals surface area contributed by atoms with Crippen molar-refractivity contribution in [3.05, 3.63) is 28.8 Å². The van der Waals surface area contributed by atoms with Crippen molar-refractivity contribution < 1.29 is 18.0 Å². The first-order valence-electron chi connectivity index (χ1n) is 4.94. The van der Waals surface area contributed by atoms with Gasteiger partial charge in [-0.2, -0.15) is 13.2 Å². The molecular weight excluding hydrogens is 255 g/mol. The zero-order valence-electron chi connectivity index (χ0n) is 9.09. The molecule has 17 heavy (non-hydrogen) atoms. The van der Waals surface area contributed by atoms with Crippen molar-refractivity contribution >= 4 is 23.6 Å². The predicted octanol–water partition coefficient (Wildman–Crippen LogP) is 3.54. The van der Waals surface area contributed by atoms with E-state index in [2.05, 4.69) is 0 Å². The van der Waals surface area contributed by atoms with Gasteiger partial charge in [-0.1, -0.05) is 17.7 Å². The maximum atomic E-state index is 12.4. The minimum Gasteiger partial charge on any atom is -0.361 e. The van der Waals surface area contributed by atoms with E-state index >= 15 is 0 Å². The molecule has 1 aromatic carbocycles. The van der Waals surface area contributed by atoms with Crippen molar-refractivity contribution in [2.75, 3.05) is 18.0 Å². The van der Waals surface area contributed by atoms with E-state index in [4.69, 9.17) is 11.6 Å². The van der Waals surface area contributed by atoms with Crippen molar-refractivity contribution in [1.29, 1.82) is 0 Å². The second kappa shape index (κ2) is 5.40. The van der Waals surface area contributed by atoms with Crippen LogP contribution in [-0.2, 0) is 0 Å². The molecule has 0 spiro atoms. The van der Waals surface area contributed by atoms with Gasteiger partial charge in [0, 0.05) is 12.1 Å². The van der Waals surface area contributed by atoms with E-state index in [-0.39, 0.29) is 22.8 Å². The van der Waals surface area contributed by atoms with Gasteiger partial charge < -0.3 is 4.90 Å². The first-order valence-corrected chi connectivity index (χ1v) is 5.32. The van der Waals surface area contributed by atoms with Crippen molar-refractivity contribution in [3.8, 4) is 0 Å². The Bertz CT molecular complexity index is 406. The molecule has 6 heteroatoms. The number of carbonyl (C=O) groups excluding carboxylic acids is 1. The lowest BCUT2D eigenvalue weighted by molar-refractivity contribution is -0.119. The van der Waals surface area contributed by atoms with E-state index in [0.717, 1.165) is 4.90 Å². The van der Waals surface area contributed by atoms with Crippen molar-refractivity contribution in [1.82, 2.24) is 0 Å². The van der Waals surface area contributed by atoms with Gasteiger partial charge in [0.05, 0.1) is 10.7 Å². The molecule has 0 aliphatic rings. The Hall–Kier alpha value is -1.23. The number of para-hydroxylation sites is 1. The molecule has 0 amide bonds. The number of aldehydes is 1. The Morgan fingerprint density at radius 3 is 2.53 bits per heavy atom. The van der Waals surface area contributed by atoms with E-state index in [0.29, 0.717) is 6.29 Å². The summed E-state index contributed by atoms with van der Waals surface area (Å²) in [5.41, 5.74) is 0.285. The fourth-order valence-corrected chi connectivity index (χ4v) is 1.83. The molecule has 0 saturated carbocycles. The summed E-state index contributed by atoms with van der Waals surface area (Å²) in [4.78, 5) is 11.8. The molecule has 1 rings (SSSR count). The quantitative estimate of drug-likeness (QED) is 0.776. The average Bonchev–Trinajstić information content (AvgIpc) is 2.24. The molecule has 0 unspecified atom stereocenters. The maximum Gasteiger partial charge on any atom is 0.405 e. The minimum absolute atomic E-state index is 0.115. The standard InChI is InChI=1S/C11H11ClF3NO/c1-2-16(7-11(13,14)15)10-8(6-17)4-3-5-9(10)12/h3-6H,2,7H2,1H3. The van der Waals surface area contributed by atoms with Crippen molar-refractivity contribution in [3.63, 3.8) is 0 Å². The van der Waals surface area contributed by atoms with Gasteiger partial charge in [-0.25, -0.2) is 0 Å². The van der Waals surface area contributed by atoms with Crippen LogP contribution in [0.2, 0.25) is 5.02 Å². The first kappa shape index (κ1) is 13.8. The number of benzene rings is 1. The summed E-state index contributed by atoms with van der Waals surface area (Å²) in [6, 6.07) is 4.42. The molecule has 0 aliphatic carbocycles. The fourth-order valence-electron chi connectivity index (χ4n) is 1.53. The summed E-state index contributed by atoms with van der Waals surface area (Å²) < 4.78 is 37.1. The van der Waals surface area contributed by atoms with Gasteiger partial charge in [0.1, 0.15) is 6.54 Å². The summed E-state index contributed by atoms with van der Waals surface area (Å²) in [5.74, 6) is 0. The Morgan fingerprint density at radius 2 is 2.06 bits per heavy atom. The monoisotopic (exact) mass is 265 g/mol. The van der Waals surface area contributed by atoms with E-state index in [9.17, 15) is 18.0 Å². The number of hydrogen-bond donors (Lipinski definition) is 0. The number of nitrogens with zero attached hydrogens (tertiary/aromatic N) is 1. The molecule has 2 nitrogen and oxygen atoms in total. The number of rotatable bonds is 4. The number of alkyl halides is 3. The van der Waals surface area contributed by atoms with E-state index in [1.165, 1.54) is 18.2 Å². The van der Waals surface area contributed by atoms with Crippen LogP contribution in [-0.4, -0.2) is 25.6 Å². The van der Waals surface area contributed by atoms with E-state index in [1.807, 2.05) is 0 Å². The zero-order chi connectivity index (χ0) is 13.1. The second-order valence-electron chi connectivity index (χ2n) is 3.42. The largest absolute Gasteiger partial charge is 0.405 e. The molecule has 0 fully saturated rings. The van der Waals surface area contributed by atoms with Crippen LogP contribution in [0.15, 0.2) is 18.2 Å². The summed E-state index contributed by atoms with van der Waals surface area (Å²) >= 11 is 5.84. The van der Waals surface area contributed by atoms with Crippen LogP contribution in [0.1, 0.15) is 17.3 Å². The number of anilines is 1. The van der Waals surface area contributed by atoms with Gasteiger partial charge >= 0.3 is 6.18 Å². The molecule has 94 valence electrons. The lowest BCUT2D eigenvalue weighted by Crippen LogP contribution is -2.34. The van der Waals surface area contributed by atoms with Crippen LogP contribution in [0, 0.1) is 0 Å². The van der Waals surface area contributed by atoms with Crippen LogP contribution >= 0.6 is 11.6 Å². The van der Waals surface area contributed by atoms with Gasteiger partial charge in [0.15, 0.2) is 6.29 Å². The molecule has 0 bridgehead atoms. The highest BCUT2D eigenvalue weighted by molar-refractivity contribution is 6.33. The summed E-state index contributed by atoms with van der Waals surface area (Å²) in [6.45, 7) is 0.557. The molecule has 1 aromatic rings. The highest BCUT2D eigenvalue weighted by Crippen LogP contribution is 2.31.